The first-order chi connectivity index (χ1) is 16.3. The van der Waals surface area contributed by atoms with E-state index in [0.717, 1.165) is 12.8 Å². The molecule has 0 fully saturated rings. The van der Waals surface area contributed by atoms with Crippen LogP contribution in [0.2, 0.25) is 0 Å². The van der Waals surface area contributed by atoms with Crippen molar-refractivity contribution in [3.8, 4) is 0 Å². The summed E-state index contributed by atoms with van der Waals surface area (Å²) in [5.74, 6) is -3.49. The predicted molar refractivity (Wildman–Crippen MR) is 126 cm³/mol. The number of hydrogen-bond donors (Lipinski definition) is 1. The second-order valence-corrected chi connectivity index (χ2v) is 9.07. The third kappa shape index (κ3) is 7.52. The number of nitrogens with one attached hydrogen (secondary N) is 1. The number of nitrogens with zero attached hydrogens (tertiary/aromatic N) is 1. The van der Waals surface area contributed by atoms with Gasteiger partial charge >= 0.3 is 12.1 Å². The quantitative estimate of drug-likeness (QED) is 0.265. The average molecular weight is 503 g/mol. The van der Waals surface area contributed by atoms with Gasteiger partial charge in [0.15, 0.2) is 0 Å². The van der Waals surface area contributed by atoms with Crippen molar-refractivity contribution in [3.05, 3.63) is 47.6 Å². The van der Waals surface area contributed by atoms with E-state index in [1.165, 1.54) is 19.3 Å². The van der Waals surface area contributed by atoms with E-state index in [0.29, 0.717) is 5.56 Å². The van der Waals surface area contributed by atoms with Gasteiger partial charge in [-0.2, -0.15) is 13.2 Å². The lowest BCUT2D eigenvalue weighted by molar-refractivity contribution is -0.172. The number of carbonyl (C=O) groups excluding carboxylic acids is 1. The first-order valence-corrected chi connectivity index (χ1v) is 11.2. The van der Waals surface area contributed by atoms with E-state index in [9.17, 15) is 18.0 Å². The summed E-state index contributed by atoms with van der Waals surface area (Å²) in [7, 11) is 6.06. The topological polar surface area (TPSA) is 60.0 Å². The maximum absolute atomic E-state index is 16.3. The molecule has 2 rings (SSSR count). The molecular weight excluding hydrogens is 468 g/mol. The second kappa shape index (κ2) is 12.0. The van der Waals surface area contributed by atoms with Crippen LogP contribution < -0.4 is 10.2 Å². The normalized spacial score (nSPS) is 20.2. The highest BCUT2D eigenvalue weighted by Gasteiger charge is 2.49. The average Bonchev–Trinajstić information content (AvgIpc) is 2.78. The van der Waals surface area contributed by atoms with Crippen molar-refractivity contribution < 1.29 is 36.6 Å². The van der Waals surface area contributed by atoms with Gasteiger partial charge < -0.3 is 19.1 Å². The number of benzene rings is 1. The molecule has 0 radical (unpaired) electrons. The van der Waals surface area contributed by atoms with Gasteiger partial charge in [-0.3, -0.25) is 10.1 Å². The number of esters is 1. The van der Waals surface area contributed by atoms with E-state index in [4.69, 9.17) is 14.2 Å². The Bertz CT molecular complexity index is 930. The van der Waals surface area contributed by atoms with Gasteiger partial charge in [-0.1, -0.05) is 38.1 Å². The largest absolute Gasteiger partial charge is 0.468 e. The number of halogens is 4. The summed E-state index contributed by atoms with van der Waals surface area (Å²) in [6.45, 7) is 3.10. The highest BCUT2D eigenvalue weighted by molar-refractivity contribution is 5.77. The minimum Gasteiger partial charge on any atom is -0.468 e. The van der Waals surface area contributed by atoms with Crippen LogP contribution >= 0.6 is 0 Å². The first-order valence-electron chi connectivity index (χ1n) is 11.2. The molecule has 0 aromatic heterocycles. The summed E-state index contributed by atoms with van der Waals surface area (Å²) < 4.78 is 73.7. The van der Waals surface area contributed by atoms with Crippen molar-refractivity contribution in [1.29, 1.82) is 0 Å². The Balaban J connectivity index is 2.53. The first kappa shape index (κ1) is 28.8. The van der Waals surface area contributed by atoms with Gasteiger partial charge in [0.25, 0.3) is 0 Å². The van der Waals surface area contributed by atoms with Crippen molar-refractivity contribution >= 4 is 17.2 Å². The molecule has 0 heterocycles. The number of methoxy groups -OCH3 is 2. The number of rotatable bonds is 11. The van der Waals surface area contributed by atoms with Gasteiger partial charge in [0, 0.05) is 38.9 Å². The lowest BCUT2D eigenvalue weighted by Crippen LogP contribution is -2.53. The number of ether oxygens (including phenoxy) is 3. The Hall–Kier alpha value is -2.43. The molecule has 3 unspecified atom stereocenters. The predicted octanol–water partition coefficient (Wildman–Crippen LogP) is 4.86. The summed E-state index contributed by atoms with van der Waals surface area (Å²) in [6, 6.07) is 3.45. The summed E-state index contributed by atoms with van der Waals surface area (Å²) in [5.41, 5.74) is 1.03. The lowest BCUT2D eigenvalue weighted by atomic mass is 9.85. The molecule has 196 valence electrons. The van der Waals surface area contributed by atoms with E-state index in [1.807, 2.05) is 25.1 Å². The molecule has 1 aromatic carbocycles. The number of anilines is 1. The molecule has 0 bridgehead atoms. The van der Waals surface area contributed by atoms with Crippen molar-refractivity contribution in [2.75, 3.05) is 40.0 Å². The Morgan fingerprint density at radius 2 is 1.89 bits per heavy atom. The summed E-state index contributed by atoms with van der Waals surface area (Å²) in [4.78, 5) is 14.0. The monoisotopic (exact) mass is 502 g/mol. The van der Waals surface area contributed by atoms with Crippen LogP contribution in [0.15, 0.2) is 42.0 Å². The maximum Gasteiger partial charge on any atom is 0.407 e. The molecule has 0 amide bonds. The van der Waals surface area contributed by atoms with Gasteiger partial charge in [-0.25, -0.2) is 4.39 Å². The van der Waals surface area contributed by atoms with Crippen LogP contribution in [0.25, 0.3) is 5.57 Å². The summed E-state index contributed by atoms with van der Waals surface area (Å²) in [6.07, 6.45) is -2.86. The van der Waals surface area contributed by atoms with E-state index in [2.05, 4.69) is 5.32 Å². The zero-order valence-electron chi connectivity index (χ0n) is 20.9. The Morgan fingerprint density at radius 3 is 2.43 bits per heavy atom. The van der Waals surface area contributed by atoms with Crippen molar-refractivity contribution in [2.45, 2.75) is 50.8 Å². The van der Waals surface area contributed by atoms with Crippen LogP contribution in [0.3, 0.4) is 0 Å². The summed E-state index contributed by atoms with van der Waals surface area (Å²) >= 11 is 0. The van der Waals surface area contributed by atoms with E-state index in [1.54, 1.807) is 32.0 Å². The van der Waals surface area contributed by atoms with Crippen LogP contribution in [-0.2, 0) is 19.0 Å². The van der Waals surface area contributed by atoms with E-state index >= 15 is 4.39 Å². The van der Waals surface area contributed by atoms with Crippen molar-refractivity contribution in [1.82, 2.24) is 5.32 Å². The molecular formula is C25H34F4N2O4. The SMILES string of the molecule is COCOC1(F)CC(C(NC(CC(C)C)C(=O)OC)C(F)(F)F)=CC=C1c1cccc(N(C)C)c1. The van der Waals surface area contributed by atoms with Crippen molar-refractivity contribution in [2.24, 2.45) is 5.92 Å². The minimum absolute atomic E-state index is 0.0784. The van der Waals surface area contributed by atoms with Crippen LogP contribution in [0, 0.1) is 5.92 Å². The number of carbonyl (C=O) groups is 1. The molecule has 3 atom stereocenters. The van der Waals surface area contributed by atoms with Gasteiger partial charge in [0.05, 0.1) is 7.11 Å². The lowest BCUT2D eigenvalue weighted by Gasteiger charge is -2.36. The van der Waals surface area contributed by atoms with Gasteiger partial charge in [-0.05, 0) is 35.6 Å². The van der Waals surface area contributed by atoms with Crippen LogP contribution in [0.1, 0.15) is 32.3 Å². The number of allylic oxidation sites excluding steroid dienone is 2. The maximum atomic E-state index is 16.3. The van der Waals surface area contributed by atoms with Crippen LogP contribution in [0.4, 0.5) is 23.2 Å². The Kier molecular flexibility index (Phi) is 9.88. The second-order valence-electron chi connectivity index (χ2n) is 9.07. The zero-order chi connectivity index (χ0) is 26.4. The molecule has 0 spiro atoms. The van der Waals surface area contributed by atoms with Crippen LogP contribution in [-0.4, -0.2) is 65.2 Å². The van der Waals surface area contributed by atoms with E-state index < -0.39 is 43.3 Å². The molecule has 0 aliphatic heterocycles. The molecule has 10 heteroatoms. The molecule has 1 aromatic rings. The van der Waals surface area contributed by atoms with E-state index in [-0.39, 0.29) is 23.5 Å². The number of alkyl halides is 4. The molecule has 0 saturated carbocycles. The molecule has 1 aliphatic rings. The standard InChI is InChI=1S/C25H34F4N2O4/c1-16(2)12-21(23(32)34-6)30-22(25(27,28)29)18-10-11-20(24(26,14-18)35-15-33-5)17-8-7-9-19(13-17)31(3)4/h7-11,13,16,21-22,30H,12,14-15H2,1-6H3. The molecule has 1 N–H and O–H groups in total. The molecule has 0 saturated heterocycles. The Labute approximate surface area is 203 Å². The van der Waals surface area contributed by atoms with Gasteiger partial charge in [0.2, 0.25) is 5.85 Å². The molecule has 6 nitrogen and oxygen atoms in total. The van der Waals surface area contributed by atoms with Gasteiger partial charge in [-0.15, -0.1) is 0 Å². The fourth-order valence-corrected chi connectivity index (χ4v) is 3.93. The fourth-order valence-electron chi connectivity index (χ4n) is 3.93. The smallest absolute Gasteiger partial charge is 0.407 e. The third-order valence-electron chi connectivity index (χ3n) is 5.64. The highest BCUT2D eigenvalue weighted by Crippen LogP contribution is 2.44. The number of hydrogen-bond acceptors (Lipinski definition) is 6. The summed E-state index contributed by atoms with van der Waals surface area (Å²) in [5, 5.41) is 2.36. The third-order valence-corrected chi connectivity index (χ3v) is 5.64. The van der Waals surface area contributed by atoms with Gasteiger partial charge in [0.1, 0.15) is 18.9 Å². The highest BCUT2D eigenvalue weighted by atomic mass is 19.4. The molecule has 1 aliphatic carbocycles. The zero-order valence-corrected chi connectivity index (χ0v) is 20.9. The van der Waals surface area contributed by atoms with Crippen LogP contribution in [0.5, 0.6) is 0 Å². The fraction of sp³-hybridized carbons (Fsp3) is 0.560. The Morgan fingerprint density at radius 1 is 1.20 bits per heavy atom. The van der Waals surface area contributed by atoms with Crippen molar-refractivity contribution in [3.63, 3.8) is 0 Å². The minimum atomic E-state index is -4.80. The molecule has 35 heavy (non-hydrogen) atoms.